The predicted octanol–water partition coefficient (Wildman–Crippen LogP) is 2.00. The lowest BCUT2D eigenvalue weighted by Gasteiger charge is -2.21. The fraction of sp³-hybridized carbons (Fsp3) is 0. The molecule has 0 bridgehead atoms. The molecule has 1 rings (SSSR count). The van der Waals surface area contributed by atoms with E-state index >= 15 is 0 Å². The number of hydrogen-bond acceptors (Lipinski definition) is 9. The van der Waals surface area contributed by atoms with E-state index in [0.29, 0.717) is 5.28 Å². The number of halogens is 3. The van der Waals surface area contributed by atoms with Crippen LogP contribution in [-0.2, 0) is 14.3 Å². The van der Waals surface area contributed by atoms with E-state index in [9.17, 15) is 14.4 Å². The molecule has 0 saturated carbocycles. The Hall–Kier alpha value is -1.71. The summed E-state index contributed by atoms with van der Waals surface area (Å²) >= 11 is 14.8. The van der Waals surface area contributed by atoms with Crippen molar-refractivity contribution in [2.75, 3.05) is 0 Å². The zero-order valence-corrected chi connectivity index (χ0v) is 10.3. The minimum absolute atomic E-state index is 0.351. The first-order valence-corrected chi connectivity index (χ1v) is 4.99. The molecule has 0 saturated heterocycles. The molecule has 18 heavy (non-hydrogen) atoms. The van der Waals surface area contributed by atoms with Crippen LogP contribution in [0.1, 0.15) is 0 Å². The van der Waals surface area contributed by atoms with Gasteiger partial charge in [-0.3, -0.25) is 4.84 Å². The number of carbonyl (C=O) groups excluding carboxylic acids is 3. The van der Waals surface area contributed by atoms with Gasteiger partial charge in [-0.1, -0.05) is 5.10 Å². The van der Waals surface area contributed by atoms with Gasteiger partial charge in [0, 0.05) is 34.8 Å². The lowest BCUT2D eigenvalue weighted by Crippen LogP contribution is -2.39. The fourth-order valence-electron chi connectivity index (χ4n) is 0.764. The summed E-state index contributed by atoms with van der Waals surface area (Å²) in [7, 11) is 0. The number of carbonyl (C=O) groups is 3. The summed E-state index contributed by atoms with van der Waals surface area (Å²) < 4.78 is 8.76. The SMILES string of the molecule is O=C(Cl)OC1=CC(OC(=O)Cl)=NN(OC(=O)Cl)N1. The number of rotatable bonds is 2. The minimum atomic E-state index is -1.26. The van der Waals surface area contributed by atoms with Crippen LogP contribution in [0.3, 0.4) is 0 Å². The summed E-state index contributed by atoms with van der Waals surface area (Å²) in [6.07, 6.45) is 0.944. The Labute approximate surface area is 114 Å². The van der Waals surface area contributed by atoms with Crippen molar-refractivity contribution in [3.8, 4) is 0 Å². The maximum absolute atomic E-state index is 10.5. The van der Waals surface area contributed by atoms with E-state index in [-0.39, 0.29) is 5.88 Å². The Bertz CT molecular complexity index is 450. The molecule has 0 aromatic carbocycles. The fourth-order valence-corrected chi connectivity index (χ4v) is 0.992. The predicted molar refractivity (Wildman–Crippen MR) is 57.5 cm³/mol. The van der Waals surface area contributed by atoms with Crippen LogP contribution in [0, 0.1) is 0 Å². The first-order chi connectivity index (χ1) is 8.36. The van der Waals surface area contributed by atoms with Gasteiger partial charge in [0.2, 0.25) is 5.88 Å². The standard InChI is InChI=1S/C6H2Cl3N3O6/c7-4(13)16-2-1-3(17-5(8)14)11-12(10-2)18-6(9)15/h1,10H. The Morgan fingerprint density at radius 3 is 2.22 bits per heavy atom. The van der Waals surface area contributed by atoms with E-state index in [1.165, 1.54) is 0 Å². The van der Waals surface area contributed by atoms with E-state index < -0.39 is 22.2 Å². The number of nitrogens with one attached hydrogen (secondary N) is 1. The summed E-state index contributed by atoms with van der Waals surface area (Å²) in [6, 6.07) is 0. The van der Waals surface area contributed by atoms with Crippen LogP contribution >= 0.6 is 34.8 Å². The van der Waals surface area contributed by atoms with Crippen LogP contribution in [0.25, 0.3) is 0 Å². The molecule has 0 atom stereocenters. The van der Waals surface area contributed by atoms with Crippen molar-refractivity contribution in [2.45, 2.75) is 0 Å². The van der Waals surface area contributed by atoms with Crippen molar-refractivity contribution in [1.29, 1.82) is 0 Å². The van der Waals surface area contributed by atoms with Gasteiger partial charge in [-0.2, -0.15) is 0 Å². The van der Waals surface area contributed by atoms with E-state index in [4.69, 9.17) is 34.8 Å². The van der Waals surface area contributed by atoms with Gasteiger partial charge in [0.05, 0.1) is 6.08 Å². The second-order valence-corrected chi connectivity index (χ2v) is 3.27. The number of hydrazine groups is 1. The molecule has 0 fully saturated rings. The van der Waals surface area contributed by atoms with E-state index in [1.807, 2.05) is 0 Å². The molecule has 0 unspecified atom stereocenters. The van der Waals surface area contributed by atoms with Crippen LogP contribution < -0.4 is 5.43 Å². The van der Waals surface area contributed by atoms with Crippen LogP contribution in [-0.4, -0.2) is 27.5 Å². The molecule has 1 heterocycles. The third-order valence-corrected chi connectivity index (χ3v) is 1.41. The number of hydrazone groups is 1. The van der Waals surface area contributed by atoms with Gasteiger partial charge in [-0.15, -0.1) is 0 Å². The molecule has 1 aliphatic rings. The average Bonchev–Trinajstić information content (AvgIpc) is 2.12. The number of ether oxygens (including phenoxy) is 2. The Morgan fingerprint density at radius 2 is 1.72 bits per heavy atom. The highest BCUT2D eigenvalue weighted by Gasteiger charge is 2.21. The van der Waals surface area contributed by atoms with Gasteiger partial charge < -0.3 is 9.47 Å². The number of nitrogens with zero attached hydrogens (tertiary/aromatic N) is 2. The van der Waals surface area contributed by atoms with Crippen molar-refractivity contribution < 1.29 is 28.7 Å². The molecule has 0 spiro atoms. The summed E-state index contributed by atoms with van der Waals surface area (Å²) in [6.45, 7) is 0. The van der Waals surface area contributed by atoms with Crippen LogP contribution in [0.2, 0.25) is 0 Å². The molecule has 0 aromatic heterocycles. The third kappa shape index (κ3) is 5.08. The van der Waals surface area contributed by atoms with Gasteiger partial charge in [0.25, 0.3) is 5.90 Å². The molecule has 1 aliphatic heterocycles. The zero-order valence-electron chi connectivity index (χ0n) is 8.06. The highest BCUT2D eigenvalue weighted by atomic mass is 35.5. The molecule has 0 amide bonds. The third-order valence-electron chi connectivity index (χ3n) is 1.18. The Morgan fingerprint density at radius 1 is 1.11 bits per heavy atom. The van der Waals surface area contributed by atoms with E-state index in [0.717, 1.165) is 6.08 Å². The lowest BCUT2D eigenvalue weighted by atomic mass is 10.5. The molecular weight excluding hydrogens is 316 g/mol. The van der Waals surface area contributed by atoms with E-state index in [2.05, 4.69) is 24.8 Å². The summed E-state index contributed by atoms with van der Waals surface area (Å²) in [5.41, 5.74) is -1.55. The van der Waals surface area contributed by atoms with E-state index in [1.54, 1.807) is 0 Å². The van der Waals surface area contributed by atoms with Crippen molar-refractivity contribution >= 4 is 57.0 Å². The maximum atomic E-state index is 10.5. The van der Waals surface area contributed by atoms with Crippen molar-refractivity contribution in [3.05, 3.63) is 12.0 Å². The highest BCUT2D eigenvalue weighted by molar-refractivity contribution is 6.62. The van der Waals surface area contributed by atoms with Gasteiger partial charge in [-0.05, 0) is 5.28 Å². The van der Waals surface area contributed by atoms with Gasteiger partial charge in [0.15, 0.2) is 0 Å². The van der Waals surface area contributed by atoms with Gasteiger partial charge >= 0.3 is 16.3 Å². The largest absolute Gasteiger partial charge is 0.431 e. The zero-order chi connectivity index (χ0) is 13.7. The first-order valence-electron chi connectivity index (χ1n) is 3.86. The molecule has 0 aromatic rings. The second kappa shape index (κ2) is 6.28. The first kappa shape index (κ1) is 14.4. The molecule has 9 nitrogen and oxygen atoms in total. The quantitative estimate of drug-likeness (QED) is 0.770. The highest BCUT2D eigenvalue weighted by Crippen LogP contribution is 2.09. The smallest absolute Gasteiger partial charge is 0.396 e. The van der Waals surface area contributed by atoms with Crippen LogP contribution in [0.4, 0.5) is 14.4 Å². The molecule has 0 aliphatic carbocycles. The Balaban J connectivity index is 2.84. The van der Waals surface area contributed by atoms with Crippen molar-refractivity contribution in [2.24, 2.45) is 5.10 Å². The number of hydrogen-bond donors (Lipinski definition) is 1. The summed E-state index contributed by atoms with van der Waals surface area (Å²) in [5, 5.41) is 3.75. The van der Waals surface area contributed by atoms with Crippen LogP contribution in [0.5, 0.6) is 0 Å². The molecule has 0 radical (unpaired) electrons. The molecule has 98 valence electrons. The monoisotopic (exact) mass is 317 g/mol. The minimum Gasteiger partial charge on any atom is -0.396 e. The van der Waals surface area contributed by atoms with Crippen LogP contribution in [0.15, 0.2) is 17.1 Å². The average molecular weight is 318 g/mol. The second-order valence-electron chi connectivity index (χ2n) is 2.34. The van der Waals surface area contributed by atoms with Crippen molar-refractivity contribution in [3.63, 3.8) is 0 Å². The van der Waals surface area contributed by atoms with Crippen molar-refractivity contribution in [1.82, 2.24) is 10.7 Å². The molecule has 12 heteroatoms. The summed E-state index contributed by atoms with van der Waals surface area (Å²) in [5.74, 6) is -0.796. The Kier molecular flexibility index (Phi) is 5.01. The van der Waals surface area contributed by atoms with Gasteiger partial charge in [-0.25, -0.2) is 19.8 Å². The lowest BCUT2D eigenvalue weighted by molar-refractivity contribution is -0.133. The van der Waals surface area contributed by atoms with Gasteiger partial charge in [0.1, 0.15) is 0 Å². The normalized spacial score (nSPS) is 13.8. The summed E-state index contributed by atoms with van der Waals surface area (Å²) in [4.78, 5) is 35.7. The molecule has 1 N–H and O–H groups in total. The topological polar surface area (TPSA) is 107 Å². The maximum Gasteiger partial charge on any atom is 0.431 e. The molecular formula is C6H2Cl3N3O6.